The summed E-state index contributed by atoms with van der Waals surface area (Å²) in [6, 6.07) is 3.11. The molecule has 0 aromatic carbocycles. The summed E-state index contributed by atoms with van der Waals surface area (Å²) < 4.78 is 5.51. The Morgan fingerprint density at radius 2 is 2.13 bits per heavy atom. The summed E-state index contributed by atoms with van der Waals surface area (Å²) in [5.74, 6) is -0.00231. The summed E-state index contributed by atoms with van der Waals surface area (Å²) in [6.07, 6.45) is 4.08. The summed E-state index contributed by atoms with van der Waals surface area (Å²) in [5, 5.41) is 10.6. The zero-order chi connectivity index (χ0) is 16.2. The Hall–Kier alpha value is -2.22. The predicted octanol–water partition coefficient (Wildman–Crippen LogP) is 1.21. The van der Waals surface area contributed by atoms with Crippen LogP contribution in [0.25, 0.3) is 0 Å². The van der Waals surface area contributed by atoms with Crippen LogP contribution < -0.4 is 4.90 Å². The molecule has 0 spiro atoms. The fraction of sp³-hybridized carbons (Fsp3) is 0.600. The predicted molar refractivity (Wildman–Crippen MR) is 83.3 cm³/mol. The first-order valence-electron chi connectivity index (χ1n) is 7.88. The molecule has 1 aromatic heterocycles. The number of nitrogens with zero attached hydrogens (tertiary/aromatic N) is 4. The molecule has 23 heavy (non-hydrogen) atoms. The third-order valence-electron chi connectivity index (χ3n) is 4.34. The number of piperazine rings is 1. The molecule has 8 nitrogen and oxygen atoms in total. The molecule has 2 aliphatic rings. The van der Waals surface area contributed by atoms with Crippen molar-refractivity contribution in [1.82, 2.24) is 9.88 Å². The average molecular weight is 320 g/mol. The van der Waals surface area contributed by atoms with Crippen LogP contribution in [0.15, 0.2) is 18.3 Å². The lowest BCUT2D eigenvalue weighted by Crippen LogP contribution is -2.49. The molecule has 8 heteroatoms. The van der Waals surface area contributed by atoms with Crippen LogP contribution in [0.1, 0.15) is 19.3 Å². The van der Waals surface area contributed by atoms with E-state index in [2.05, 4.69) is 9.88 Å². The molecule has 0 bridgehead atoms. The summed E-state index contributed by atoms with van der Waals surface area (Å²) in [4.78, 5) is 30.2. The molecule has 0 saturated carbocycles. The highest BCUT2D eigenvalue weighted by Gasteiger charge is 2.26. The molecule has 0 unspecified atom stereocenters. The standard InChI is InChI=1S/C15H20N4O4/c20-15(10-13-2-1-9-23-13)18-7-5-17(6-8-18)12-3-4-14(16-11-12)19(21)22/h3-4,11,13H,1-2,5-10H2/t13-/m0/s1. The lowest BCUT2D eigenvalue weighted by Gasteiger charge is -2.35. The molecule has 0 radical (unpaired) electrons. The molecular formula is C15H20N4O4. The van der Waals surface area contributed by atoms with Gasteiger partial charge in [0.2, 0.25) is 5.91 Å². The second-order valence-electron chi connectivity index (χ2n) is 5.84. The van der Waals surface area contributed by atoms with Crippen LogP contribution in [0.4, 0.5) is 11.5 Å². The Labute approximate surface area is 134 Å². The van der Waals surface area contributed by atoms with Crippen LogP contribution in [-0.4, -0.2) is 59.6 Å². The van der Waals surface area contributed by atoms with Gasteiger partial charge < -0.3 is 24.7 Å². The van der Waals surface area contributed by atoms with Crippen molar-refractivity contribution in [3.8, 4) is 0 Å². The van der Waals surface area contributed by atoms with Gasteiger partial charge in [-0.25, -0.2) is 0 Å². The second-order valence-corrected chi connectivity index (χ2v) is 5.84. The summed E-state index contributed by atoms with van der Waals surface area (Å²) in [5.41, 5.74) is 0.849. The van der Waals surface area contributed by atoms with Gasteiger partial charge in [0.1, 0.15) is 0 Å². The number of amides is 1. The highest BCUT2D eigenvalue weighted by molar-refractivity contribution is 5.77. The quantitative estimate of drug-likeness (QED) is 0.612. The van der Waals surface area contributed by atoms with Crippen molar-refractivity contribution in [1.29, 1.82) is 0 Å². The lowest BCUT2D eigenvalue weighted by molar-refractivity contribution is -0.389. The molecule has 1 amide bonds. The first kappa shape index (κ1) is 15.7. The molecule has 0 N–H and O–H groups in total. The lowest BCUT2D eigenvalue weighted by atomic mass is 10.1. The zero-order valence-corrected chi connectivity index (χ0v) is 12.9. The first-order chi connectivity index (χ1) is 11.1. The summed E-state index contributed by atoms with van der Waals surface area (Å²) in [7, 11) is 0. The van der Waals surface area contributed by atoms with Crippen LogP contribution in [0.5, 0.6) is 0 Å². The van der Waals surface area contributed by atoms with Crippen molar-refractivity contribution in [2.75, 3.05) is 37.7 Å². The van der Waals surface area contributed by atoms with Gasteiger partial charge in [0.05, 0.1) is 18.2 Å². The molecule has 3 heterocycles. The normalized spacial score (nSPS) is 21.5. The molecule has 124 valence electrons. The van der Waals surface area contributed by atoms with Crippen molar-refractivity contribution < 1.29 is 14.5 Å². The Bertz CT molecular complexity index is 563. The van der Waals surface area contributed by atoms with Gasteiger partial charge in [0.25, 0.3) is 0 Å². The number of pyridine rings is 1. The van der Waals surface area contributed by atoms with Gasteiger partial charge in [-0.1, -0.05) is 0 Å². The number of ether oxygens (including phenoxy) is 1. The van der Waals surface area contributed by atoms with Gasteiger partial charge in [-0.15, -0.1) is 0 Å². The number of hydrogen-bond donors (Lipinski definition) is 0. The van der Waals surface area contributed by atoms with Crippen LogP contribution in [0.2, 0.25) is 0 Å². The van der Waals surface area contributed by atoms with Crippen LogP contribution in [0.3, 0.4) is 0 Å². The molecule has 2 saturated heterocycles. The first-order valence-corrected chi connectivity index (χ1v) is 7.88. The van der Waals surface area contributed by atoms with Gasteiger partial charge in [-0.3, -0.25) is 4.79 Å². The van der Waals surface area contributed by atoms with Crippen LogP contribution in [-0.2, 0) is 9.53 Å². The van der Waals surface area contributed by atoms with E-state index in [1.54, 1.807) is 6.07 Å². The molecule has 2 aliphatic heterocycles. The molecule has 2 fully saturated rings. The van der Waals surface area contributed by atoms with E-state index in [9.17, 15) is 14.9 Å². The highest BCUT2D eigenvalue weighted by atomic mass is 16.6. The minimum Gasteiger partial charge on any atom is -0.378 e. The molecule has 0 aliphatic carbocycles. The Balaban J connectivity index is 1.51. The van der Waals surface area contributed by atoms with E-state index in [0.717, 1.165) is 25.1 Å². The van der Waals surface area contributed by atoms with Gasteiger partial charge in [-0.05, 0) is 28.8 Å². The maximum absolute atomic E-state index is 12.3. The highest BCUT2D eigenvalue weighted by Crippen LogP contribution is 2.20. The SMILES string of the molecule is O=C(C[C@@H]1CCCO1)N1CCN(c2ccc([N+](=O)[O-])nc2)CC1. The van der Waals surface area contributed by atoms with Crippen molar-refractivity contribution >= 4 is 17.4 Å². The maximum atomic E-state index is 12.3. The topological polar surface area (TPSA) is 88.8 Å². The zero-order valence-electron chi connectivity index (χ0n) is 12.9. The van der Waals surface area contributed by atoms with E-state index in [0.29, 0.717) is 32.6 Å². The molecule has 3 rings (SSSR count). The maximum Gasteiger partial charge on any atom is 0.363 e. The molecule has 1 aromatic rings. The fourth-order valence-electron chi connectivity index (χ4n) is 3.02. The number of hydrogen-bond acceptors (Lipinski definition) is 6. The minimum atomic E-state index is -0.508. The van der Waals surface area contributed by atoms with Gasteiger partial charge in [0.15, 0.2) is 6.20 Å². The number of rotatable bonds is 4. The van der Waals surface area contributed by atoms with E-state index >= 15 is 0 Å². The number of carbonyl (C=O) groups is 1. The third kappa shape index (κ3) is 3.76. The van der Waals surface area contributed by atoms with Gasteiger partial charge >= 0.3 is 5.82 Å². The molecule has 1 atom stereocenters. The van der Waals surface area contributed by atoms with Crippen LogP contribution >= 0.6 is 0 Å². The third-order valence-corrected chi connectivity index (χ3v) is 4.34. The van der Waals surface area contributed by atoms with Crippen molar-refractivity contribution in [3.63, 3.8) is 0 Å². The Morgan fingerprint density at radius 1 is 1.35 bits per heavy atom. The number of aromatic nitrogens is 1. The average Bonchev–Trinajstić information content (AvgIpc) is 3.08. The smallest absolute Gasteiger partial charge is 0.363 e. The van der Waals surface area contributed by atoms with Crippen molar-refractivity contribution in [3.05, 3.63) is 28.4 Å². The van der Waals surface area contributed by atoms with Gasteiger partial charge in [-0.2, -0.15) is 0 Å². The fourth-order valence-corrected chi connectivity index (χ4v) is 3.02. The monoisotopic (exact) mass is 320 g/mol. The van der Waals surface area contributed by atoms with Crippen molar-refractivity contribution in [2.24, 2.45) is 0 Å². The summed E-state index contributed by atoms with van der Waals surface area (Å²) >= 11 is 0. The van der Waals surface area contributed by atoms with E-state index in [-0.39, 0.29) is 17.8 Å². The second kappa shape index (κ2) is 6.91. The molecular weight excluding hydrogens is 300 g/mol. The van der Waals surface area contributed by atoms with E-state index in [4.69, 9.17) is 4.74 Å². The number of anilines is 1. The largest absolute Gasteiger partial charge is 0.378 e. The Kier molecular flexibility index (Phi) is 4.71. The van der Waals surface area contributed by atoms with E-state index in [1.165, 1.54) is 12.3 Å². The van der Waals surface area contributed by atoms with Crippen molar-refractivity contribution in [2.45, 2.75) is 25.4 Å². The number of carbonyl (C=O) groups excluding carboxylic acids is 1. The number of nitro groups is 1. The van der Waals surface area contributed by atoms with Gasteiger partial charge in [0, 0.05) is 38.9 Å². The van der Waals surface area contributed by atoms with E-state index < -0.39 is 4.92 Å². The van der Waals surface area contributed by atoms with Crippen LogP contribution in [0, 0.1) is 10.1 Å². The minimum absolute atomic E-state index is 0.0828. The van der Waals surface area contributed by atoms with E-state index in [1.807, 2.05) is 4.90 Å². The summed E-state index contributed by atoms with van der Waals surface area (Å²) in [6.45, 7) is 3.48. The Morgan fingerprint density at radius 3 is 2.70 bits per heavy atom.